The Morgan fingerprint density at radius 1 is 1.33 bits per heavy atom. The maximum Gasteiger partial charge on any atom is 0.232 e. The average molecular weight is 369 g/mol. The summed E-state index contributed by atoms with van der Waals surface area (Å²) in [5.41, 5.74) is 0.597. The number of aromatic nitrogens is 2. The van der Waals surface area contributed by atoms with E-state index in [9.17, 15) is 13.9 Å². The Labute approximate surface area is 145 Å². The zero-order valence-electron chi connectivity index (χ0n) is 12.4. The van der Waals surface area contributed by atoms with Gasteiger partial charge in [0.25, 0.3) is 0 Å². The maximum atomic E-state index is 13.8. The van der Waals surface area contributed by atoms with Crippen molar-refractivity contribution < 1.29 is 18.3 Å². The molecule has 4 nitrogen and oxygen atoms in total. The quantitative estimate of drug-likeness (QED) is 0.719. The third-order valence-corrected chi connectivity index (χ3v) is 4.71. The van der Waals surface area contributed by atoms with Gasteiger partial charge in [-0.15, -0.1) is 11.3 Å². The highest BCUT2D eigenvalue weighted by atomic mass is 35.5. The van der Waals surface area contributed by atoms with E-state index in [1.807, 2.05) is 0 Å². The number of hydrogen-bond acceptors (Lipinski definition) is 5. The number of aliphatic hydroxyl groups excluding tert-OH is 1. The van der Waals surface area contributed by atoms with E-state index in [1.54, 1.807) is 6.92 Å². The number of nitrogens with zero attached hydrogens (tertiary/aromatic N) is 2. The Balaban J connectivity index is 1.93. The van der Waals surface area contributed by atoms with Crippen LogP contribution < -0.4 is 0 Å². The van der Waals surface area contributed by atoms with Crippen LogP contribution in [0.15, 0.2) is 35.5 Å². The highest BCUT2D eigenvalue weighted by Crippen LogP contribution is 2.36. The van der Waals surface area contributed by atoms with Crippen LogP contribution in [0.3, 0.4) is 0 Å². The third kappa shape index (κ3) is 2.98. The van der Waals surface area contributed by atoms with Crippen LogP contribution in [0.5, 0.6) is 0 Å². The second-order valence-electron chi connectivity index (χ2n) is 4.98. The number of aliphatic hydroxyl groups is 1. The van der Waals surface area contributed by atoms with Gasteiger partial charge in [-0.25, -0.2) is 18.7 Å². The van der Waals surface area contributed by atoms with Crippen LogP contribution in [-0.4, -0.2) is 15.1 Å². The van der Waals surface area contributed by atoms with E-state index < -0.39 is 17.7 Å². The van der Waals surface area contributed by atoms with E-state index in [2.05, 4.69) is 16.5 Å². The molecule has 24 heavy (non-hydrogen) atoms. The summed E-state index contributed by atoms with van der Waals surface area (Å²) in [4.78, 5) is 8.57. The van der Waals surface area contributed by atoms with Gasteiger partial charge in [-0.2, -0.15) is 0 Å². The Morgan fingerprint density at radius 2 is 2.00 bits per heavy atom. The predicted octanol–water partition coefficient (Wildman–Crippen LogP) is 4.78. The maximum absolute atomic E-state index is 13.8. The van der Waals surface area contributed by atoms with Gasteiger partial charge in [0.15, 0.2) is 4.47 Å². The van der Waals surface area contributed by atoms with E-state index >= 15 is 0 Å². The van der Waals surface area contributed by atoms with Crippen molar-refractivity contribution in [3.8, 4) is 11.5 Å². The van der Waals surface area contributed by atoms with Crippen LogP contribution >= 0.6 is 22.9 Å². The van der Waals surface area contributed by atoms with Crippen molar-refractivity contribution in [1.29, 1.82) is 0 Å². The average Bonchev–Trinajstić information content (AvgIpc) is 3.12. The second-order valence-corrected chi connectivity index (χ2v) is 6.59. The molecule has 1 unspecified atom stereocenters. The molecule has 3 aromatic rings. The van der Waals surface area contributed by atoms with Crippen LogP contribution in [0, 0.1) is 18.6 Å². The van der Waals surface area contributed by atoms with Crippen molar-refractivity contribution in [3.63, 3.8) is 0 Å². The fraction of sp³-hybridized carbons (Fsp3) is 0.125. The number of benzene rings is 1. The minimum Gasteiger partial charge on any atom is -0.444 e. The number of halogens is 3. The number of oxazole rings is 1. The molecule has 8 heteroatoms. The molecular formula is C16H11ClF2N2O2S. The van der Waals surface area contributed by atoms with Crippen LogP contribution in [0.2, 0.25) is 4.47 Å². The lowest BCUT2D eigenvalue weighted by molar-refractivity contribution is 0.241. The minimum absolute atomic E-state index is 0.184. The van der Waals surface area contributed by atoms with Crippen LogP contribution in [-0.2, 0) is 0 Å². The summed E-state index contributed by atoms with van der Waals surface area (Å²) in [6.07, 6.45) is 0.0866. The first-order valence-corrected chi connectivity index (χ1v) is 7.98. The molecule has 0 saturated heterocycles. The van der Waals surface area contributed by atoms with Gasteiger partial charge in [-0.3, -0.25) is 0 Å². The van der Waals surface area contributed by atoms with E-state index in [0.717, 1.165) is 23.5 Å². The van der Waals surface area contributed by atoms with E-state index in [1.165, 1.54) is 12.3 Å². The summed E-state index contributed by atoms with van der Waals surface area (Å²) in [6, 6.07) is 3.46. The van der Waals surface area contributed by atoms with Gasteiger partial charge in [-0.05, 0) is 19.1 Å². The molecule has 0 spiro atoms. The van der Waals surface area contributed by atoms with E-state index in [0.29, 0.717) is 15.0 Å². The number of aryl methyl sites for hydroxylation is 1. The zero-order chi connectivity index (χ0) is 17.4. The molecule has 1 N–H and O–H groups in total. The molecule has 0 amide bonds. The van der Waals surface area contributed by atoms with Gasteiger partial charge in [0.1, 0.15) is 35.3 Å². The summed E-state index contributed by atoms with van der Waals surface area (Å²) in [5, 5.41) is 10.4. The van der Waals surface area contributed by atoms with Crippen LogP contribution in [0.25, 0.3) is 17.0 Å². The van der Waals surface area contributed by atoms with Gasteiger partial charge < -0.3 is 9.52 Å². The van der Waals surface area contributed by atoms with Gasteiger partial charge in [0.05, 0.1) is 10.6 Å². The fourth-order valence-corrected chi connectivity index (χ4v) is 3.35. The molecule has 1 atom stereocenters. The molecule has 0 aliphatic carbocycles. The second kappa shape index (κ2) is 6.43. The van der Waals surface area contributed by atoms with Crippen molar-refractivity contribution >= 4 is 28.5 Å². The van der Waals surface area contributed by atoms with Crippen molar-refractivity contribution in [1.82, 2.24) is 9.97 Å². The smallest absolute Gasteiger partial charge is 0.232 e. The highest BCUT2D eigenvalue weighted by Gasteiger charge is 2.23. The molecule has 0 saturated carbocycles. The zero-order valence-corrected chi connectivity index (χ0v) is 14.0. The molecule has 1 aromatic carbocycles. The Morgan fingerprint density at radius 3 is 2.58 bits per heavy atom. The Kier molecular flexibility index (Phi) is 4.49. The van der Waals surface area contributed by atoms with Crippen molar-refractivity contribution in [2.24, 2.45) is 0 Å². The first-order valence-electron chi connectivity index (χ1n) is 6.78. The van der Waals surface area contributed by atoms with Crippen LogP contribution in [0.1, 0.15) is 22.4 Å². The van der Waals surface area contributed by atoms with Crippen molar-refractivity contribution in [2.45, 2.75) is 13.0 Å². The molecule has 0 bridgehead atoms. The van der Waals surface area contributed by atoms with Crippen LogP contribution in [0.4, 0.5) is 8.78 Å². The molecule has 2 aromatic heterocycles. The lowest BCUT2D eigenvalue weighted by atomic mass is 10.1. The number of rotatable bonds is 4. The molecule has 124 valence electrons. The standard InChI is InChI=1S/C16H11ClF2N2O2S/c1-7(13(22)14-8(2)20-16(17)24-14)11-6-23-15(21-11)12-9(18)4-3-5-10(12)19/h3-6,13,22H,1H2,2H3. The fourth-order valence-electron chi connectivity index (χ4n) is 2.16. The summed E-state index contributed by atoms with van der Waals surface area (Å²) < 4.78 is 33.0. The van der Waals surface area contributed by atoms with E-state index in [-0.39, 0.29) is 22.7 Å². The number of hydrogen-bond donors (Lipinski definition) is 1. The summed E-state index contributed by atoms with van der Waals surface area (Å²) >= 11 is 6.95. The molecule has 0 aliphatic heterocycles. The monoisotopic (exact) mass is 368 g/mol. The van der Waals surface area contributed by atoms with Gasteiger partial charge in [-0.1, -0.05) is 24.2 Å². The van der Waals surface area contributed by atoms with Gasteiger partial charge in [0.2, 0.25) is 5.89 Å². The summed E-state index contributed by atoms with van der Waals surface area (Å²) in [7, 11) is 0. The third-order valence-electron chi connectivity index (χ3n) is 3.39. The predicted molar refractivity (Wildman–Crippen MR) is 87.7 cm³/mol. The van der Waals surface area contributed by atoms with Crippen molar-refractivity contribution in [2.75, 3.05) is 0 Å². The molecular weight excluding hydrogens is 358 g/mol. The first kappa shape index (κ1) is 16.8. The Bertz CT molecular complexity index is 902. The summed E-state index contributed by atoms with van der Waals surface area (Å²) in [6.45, 7) is 5.48. The lowest BCUT2D eigenvalue weighted by Gasteiger charge is -2.10. The molecule has 0 fully saturated rings. The van der Waals surface area contributed by atoms with Gasteiger partial charge >= 0.3 is 0 Å². The van der Waals surface area contributed by atoms with Gasteiger partial charge in [0, 0.05) is 5.57 Å². The molecule has 2 heterocycles. The minimum atomic E-state index is -1.10. The largest absolute Gasteiger partial charge is 0.444 e. The summed E-state index contributed by atoms with van der Waals surface area (Å²) in [5.74, 6) is -1.81. The van der Waals surface area contributed by atoms with E-state index in [4.69, 9.17) is 16.0 Å². The highest BCUT2D eigenvalue weighted by molar-refractivity contribution is 7.16. The molecule has 3 rings (SSSR count). The topological polar surface area (TPSA) is 59.2 Å². The SMILES string of the molecule is C=C(c1coc(-c2c(F)cccc2F)n1)C(O)c1sc(Cl)nc1C. The first-order chi connectivity index (χ1) is 11.4. The lowest BCUT2D eigenvalue weighted by Crippen LogP contribution is -2.00. The Hall–Kier alpha value is -2.09. The number of thiazole rings is 1. The molecule has 0 aliphatic rings. The molecule has 0 radical (unpaired) electrons. The van der Waals surface area contributed by atoms with Crippen molar-refractivity contribution in [3.05, 3.63) is 63.4 Å². The normalized spacial score (nSPS) is 12.4.